The molecular formula is C16H24FNO2. The maximum absolute atomic E-state index is 13.4. The van der Waals surface area contributed by atoms with Gasteiger partial charge in [0, 0.05) is 11.6 Å². The van der Waals surface area contributed by atoms with Gasteiger partial charge in [-0.25, -0.2) is 4.39 Å². The van der Waals surface area contributed by atoms with E-state index in [1.165, 1.54) is 12.1 Å². The van der Waals surface area contributed by atoms with Crippen LogP contribution in [-0.2, 0) is 0 Å². The number of ether oxygens (including phenoxy) is 1. The van der Waals surface area contributed by atoms with Gasteiger partial charge in [-0.05, 0) is 44.5 Å². The molecule has 2 N–H and O–H groups in total. The zero-order valence-corrected chi connectivity index (χ0v) is 12.3. The first-order valence-corrected chi connectivity index (χ1v) is 7.42. The van der Waals surface area contributed by atoms with Crippen molar-refractivity contribution < 1.29 is 14.2 Å². The van der Waals surface area contributed by atoms with E-state index in [1.54, 1.807) is 6.07 Å². The first-order valence-electron chi connectivity index (χ1n) is 7.42. The molecule has 1 saturated carbocycles. The lowest BCUT2D eigenvalue weighted by Crippen LogP contribution is -2.32. The van der Waals surface area contributed by atoms with Crippen LogP contribution in [0, 0.1) is 5.82 Å². The molecule has 4 heteroatoms. The number of halogens is 1. The summed E-state index contributed by atoms with van der Waals surface area (Å²) in [6.07, 6.45) is 3.66. The smallest absolute Gasteiger partial charge is 0.124 e. The van der Waals surface area contributed by atoms with E-state index in [-0.39, 0.29) is 18.5 Å². The van der Waals surface area contributed by atoms with Crippen molar-refractivity contribution in [2.24, 2.45) is 0 Å². The highest BCUT2D eigenvalue weighted by atomic mass is 19.1. The SMILES string of the molecule is CCNC(C)c1cc(F)ccc1OCC1(O)CCCC1. The summed E-state index contributed by atoms with van der Waals surface area (Å²) >= 11 is 0. The van der Waals surface area contributed by atoms with Gasteiger partial charge in [0.25, 0.3) is 0 Å². The normalized spacial score (nSPS) is 19.0. The topological polar surface area (TPSA) is 41.5 Å². The molecule has 1 aliphatic carbocycles. The van der Waals surface area contributed by atoms with Gasteiger partial charge in [-0.15, -0.1) is 0 Å². The Morgan fingerprint density at radius 2 is 2.10 bits per heavy atom. The van der Waals surface area contributed by atoms with Crippen LogP contribution in [0.15, 0.2) is 18.2 Å². The van der Waals surface area contributed by atoms with Gasteiger partial charge < -0.3 is 15.2 Å². The van der Waals surface area contributed by atoms with Crippen molar-refractivity contribution in [1.82, 2.24) is 5.32 Å². The third kappa shape index (κ3) is 3.70. The van der Waals surface area contributed by atoms with Crippen LogP contribution in [0.1, 0.15) is 51.1 Å². The average molecular weight is 281 g/mol. The zero-order valence-electron chi connectivity index (χ0n) is 12.3. The predicted octanol–water partition coefficient (Wildman–Crippen LogP) is 3.18. The van der Waals surface area contributed by atoms with Gasteiger partial charge >= 0.3 is 0 Å². The number of aliphatic hydroxyl groups is 1. The van der Waals surface area contributed by atoms with Gasteiger partial charge in [0.2, 0.25) is 0 Å². The number of hydrogen-bond acceptors (Lipinski definition) is 3. The van der Waals surface area contributed by atoms with E-state index in [4.69, 9.17) is 4.74 Å². The highest BCUT2D eigenvalue weighted by Gasteiger charge is 2.32. The quantitative estimate of drug-likeness (QED) is 0.841. The molecule has 0 saturated heterocycles. The highest BCUT2D eigenvalue weighted by molar-refractivity contribution is 5.36. The van der Waals surface area contributed by atoms with Crippen molar-refractivity contribution in [2.75, 3.05) is 13.2 Å². The second-order valence-corrected chi connectivity index (χ2v) is 5.68. The van der Waals surface area contributed by atoms with Crippen LogP contribution < -0.4 is 10.1 Å². The van der Waals surface area contributed by atoms with Crippen LogP contribution in [0.4, 0.5) is 4.39 Å². The minimum atomic E-state index is -0.715. The molecule has 0 aliphatic heterocycles. The summed E-state index contributed by atoms with van der Waals surface area (Å²) < 4.78 is 19.2. The van der Waals surface area contributed by atoms with Gasteiger partial charge in [0.05, 0.1) is 5.60 Å². The molecule has 1 unspecified atom stereocenters. The van der Waals surface area contributed by atoms with Crippen LogP contribution in [0.25, 0.3) is 0 Å². The number of nitrogens with one attached hydrogen (secondary N) is 1. The molecule has 1 aromatic rings. The van der Waals surface area contributed by atoms with E-state index >= 15 is 0 Å². The molecule has 20 heavy (non-hydrogen) atoms. The Hall–Kier alpha value is -1.13. The first kappa shape index (κ1) is 15.3. The summed E-state index contributed by atoms with van der Waals surface area (Å²) in [7, 11) is 0. The Labute approximate surface area is 120 Å². The molecule has 0 heterocycles. The van der Waals surface area contributed by atoms with E-state index in [9.17, 15) is 9.50 Å². The third-order valence-electron chi connectivity index (χ3n) is 3.98. The summed E-state index contributed by atoms with van der Waals surface area (Å²) in [4.78, 5) is 0. The van der Waals surface area contributed by atoms with Crippen LogP contribution in [0.2, 0.25) is 0 Å². The fraction of sp³-hybridized carbons (Fsp3) is 0.625. The fourth-order valence-corrected chi connectivity index (χ4v) is 2.79. The molecule has 3 nitrogen and oxygen atoms in total. The molecule has 1 fully saturated rings. The Kier molecular flexibility index (Phi) is 5.00. The van der Waals surface area contributed by atoms with Crippen molar-refractivity contribution in [3.8, 4) is 5.75 Å². The Balaban J connectivity index is 2.10. The van der Waals surface area contributed by atoms with Gasteiger partial charge in [-0.1, -0.05) is 19.8 Å². The first-order chi connectivity index (χ1) is 9.54. The lowest BCUT2D eigenvalue weighted by molar-refractivity contribution is 0.000990. The standard InChI is InChI=1S/C16H24FNO2/c1-3-18-12(2)14-10-13(17)6-7-15(14)20-11-16(19)8-4-5-9-16/h6-7,10,12,18-19H,3-5,8-9,11H2,1-2H3. The van der Waals surface area contributed by atoms with E-state index in [0.717, 1.165) is 37.8 Å². The molecule has 2 rings (SSSR count). The summed E-state index contributed by atoms with van der Waals surface area (Å²) in [6.45, 7) is 5.08. The molecule has 0 radical (unpaired) electrons. The van der Waals surface area contributed by atoms with Crippen molar-refractivity contribution in [1.29, 1.82) is 0 Å². The lowest BCUT2D eigenvalue weighted by atomic mass is 10.0. The molecule has 1 aliphatic rings. The summed E-state index contributed by atoms with van der Waals surface area (Å²) in [5.74, 6) is 0.386. The third-order valence-corrected chi connectivity index (χ3v) is 3.98. The molecule has 1 aromatic carbocycles. The van der Waals surface area contributed by atoms with Crippen molar-refractivity contribution in [3.63, 3.8) is 0 Å². The average Bonchev–Trinajstić information content (AvgIpc) is 2.85. The summed E-state index contributed by atoms with van der Waals surface area (Å²) in [5, 5.41) is 13.6. The predicted molar refractivity (Wildman–Crippen MR) is 77.4 cm³/mol. The van der Waals surface area contributed by atoms with Crippen LogP contribution >= 0.6 is 0 Å². The number of hydrogen-bond donors (Lipinski definition) is 2. The summed E-state index contributed by atoms with van der Waals surface area (Å²) in [5.41, 5.74) is 0.0843. The molecule has 0 spiro atoms. The molecular weight excluding hydrogens is 257 g/mol. The molecule has 112 valence electrons. The molecule has 0 amide bonds. The van der Waals surface area contributed by atoms with Crippen molar-refractivity contribution >= 4 is 0 Å². The maximum Gasteiger partial charge on any atom is 0.124 e. The lowest BCUT2D eigenvalue weighted by Gasteiger charge is -2.24. The highest BCUT2D eigenvalue weighted by Crippen LogP contribution is 2.32. The van der Waals surface area contributed by atoms with E-state index in [0.29, 0.717) is 5.75 Å². The second kappa shape index (κ2) is 6.55. The Morgan fingerprint density at radius 3 is 2.75 bits per heavy atom. The minimum absolute atomic E-state index is 0.0175. The van der Waals surface area contributed by atoms with Crippen molar-refractivity contribution in [3.05, 3.63) is 29.6 Å². The Morgan fingerprint density at radius 1 is 1.40 bits per heavy atom. The van der Waals surface area contributed by atoms with Crippen LogP contribution in [-0.4, -0.2) is 23.9 Å². The summed E-state index contributed by atoms with van der Waals surface area (Å²) in [6, 6.07) is 4.57. The van der Waals surface area contributed by atoms with Crippen molar-refractivity contribution in [2.45, 2.75) is 51.2 Å². The molecule has 0 bridgehead atoms. The van der Waals surface area contributed by atoms with Gasteiger partial charge in [0.15, 0.2) is 0 Å². The minimum Gasteiger partial charge on any atom is -0.490 e. The zero-order chi connectivity index (χ0) is 14.6. The largest absolute Gasteiger partial charge is 0.490 e. The van der Waals surface area contributed by atoms with E-state index in [1.807, 2.05) is 13.8 Å². The Bertz CT molecular complexity index is 444. The second-order valence-electron chi connectivity index (χ2n) is 5.68. The maximum atomic E-state index is 13.4. The van der Waals surface area contributed by atoms with Crippen LogP contribution in [0.3, 0.4) is 0 Å². The van der Waals surface area contributed by atoms with E-state index < -0.39 is 5.60 Å². The monoisotopic (exact) mass is 281 g/mol. The van der Waals surface area contributed by atoms with Gasteiger partial charge in [0.1, 0.15) is 18.2 Å². The van der Waals surface area contributed by atoms with Crippen LogP contribution in [0.5, 0.6) is 5.75 Å². The van der Waals surface area contributed by atoms with Gasteiger partial charge in [-0.2, -0.15) is 0 Å². The fourth-order valence-electron chi connectivity index (χ4n) is 2.79. The number of benzene rings is 1. The van der Waals surface area contributed by atoms with Gasteiger partial charge in [-0.3, -0.25) is 0 Å². The number of rotatable bonds is 6. The molecule has 1 atom stereocenters. The molecule has 0 aromatic heterocycles. The van der Waals surface area contributed by atoms with E-state index in [2.05, 4.69) is 5.32 Å².